The van der Waals surface area contributed by atoms with Crippen molar-refractivity contribution in [2.45, 2.75) is 0 Å². The van der Waals surface area contributed by atoms with Gasteiger partial charge in [0.25, 0.3) is 0 Å². The molecule has 0 aliphatic rings. The number of nitrogens with zero attached hydrogens (tertiary/aromatic N) is 2. The molecule has 0 aliphatic heterocycles. The summed E-state index contributed by atoms with van der Waals surface area (Å²) >= 11 is 0. The molecule has 0 saturated carbocycles. The minimum Gasteiger partial charge on any atom is -0.310 e. The van der Waals surface area contributed by atoms with Crippen molar-refractivity contribution in [2.24, 2.45) is 0 Å². The molecule has 0 saturated heterocycles. The summed E-state index contributed by atoms with van der Waals surface area (Å²) in [5.74, 6) is 0. The van der Waals surface area contributed by atoms with Crippen molar-refractivity contribution in [2.75, 3.05) is 4.90 Å². The van der Waals surface area contributed by atoms with E-state index in [0.29, 0.717) is 0 Å². The van der Waals surface area contributed by atoms with E-state index in [9.17, 15) is 0 Å². The van der Waals surface area contributed by atoms with Gasteiger partial charge in [0, 0.05) is 33.5 Å². The van der Waals surface area contributed by atoms with Gasteiger partial charge in [-0.25, -0.2) is 0 Å². The molecule has 11 rings (SSSR count). The fraction of sp³-hybridized carbons (Fsp3) is 0. The molecule has 62 heavy (non-hydrogen) atoms. The molecule has 0 bridgehead atoms. The van der Waals surface area contributed by atoms with Gasteiger partial charge in [0.1, 0.15) is 0 Å². The van der Waals surface area contributed by atoms with Crippen LogP contribution in [0.1, 0.15) is 0 Å². The normalized spacial score (nSPS) is 11.2. The first-order valence-corrected chi connectivity index (χ1v) is 21.3. The molecule has 10 aromatic carbocycles. The molecule has 0 radical (unpaired) electrons. The summed E-state index contributed by atoms with van der Waals surface area (Å²) < 4.78 is 2.41. The van der Waals surface area contributed by atoms with Crippen LogP contribution in [-0.2, 0) is 0 Å². The van der Waals surface area contributed by atoms with E-state index >= 15 is 0 Å². The molecular formula is C60H42N2. The van der Waals surface area contributed by atoms with E-state index in [1.807, 2.05) is 0 Å². The smallest absolute Gasteiger partial charge is 0.0541 e. The Kier molecular flexibility index (Phi) is 9.57. The van der Waals surface area contributed by atoms with Crippen molar-refractivity contribution in [1.82, 2.24) is 4.57 Å². The molecule has 0 N–H and O–H groups in total. The van der Waals surface area contributed by atoms with Crippen molar-refractivity contribution in [3.8, 4) is 61.3 Å². The summed E-state index contributed by atoms with van der Waals surface area (Å²) in [5.41, 5.74) is 18.8. The van der Waals surface area contributed by atoms with Gasteiger partial charge in [-0.2, -0.15) is 0 Å². The van der Waals surface area contributed by atoms with E-state index in [4.69, 9.17) is 0 Å². The van der Waals surface area contributed by atoms with Crippen molar-refractivity contribution in [3.05, 3.63) is 255 Å². The van der Waals surface area contributed by atoms with Crippen molar-refractivity contribution in [3.63, 3.8) is 0 Å². The minimum atomic E-state index is 1.09. The molecule has 0 unspecified atom stereocenters. The lowest BCUT2D eigenvalue weighted by Gasteiger charge is -2.26. The zero-order valence-corrected chi connectivity index (χ0v) is 34.1. The number of aromatic nitrogens is 1. The van der Waals surface area contributed by atoms with Gasteiger partial charge < -0.3 is 9.47 Å². The molecule has 1 aromatic heterocycles. The Morgan fingerprint density at radius 2 is 0.694 bits per heavy atom. The topological polar surface area (TPSA) is 8.17 Å². The summed E-state index contributed by atoms with van der Waals surface area (Å²) in [5, 5.41) is 2.47. The average molecular weight is 791 g/mol. The van der Waals surface area contributed by atoms with Gasteiger partial charge in [-0.05, 0) is 122 Å². The maximum absolute atomic E-state index is 2.41. The monoisotopic (exact) mass is 790 g/mol. The van der Waals surface area contributed by atoms with Crippen LogP contribution < -0.4 is 4.90 Å². The van der Waals surface area contributed by atoms with Gasteiger partial charge >= 0.3 is 0 Å². The molecule has 2 nitrogen and oxygen atoms in total. The third-order valence-corrected chi connectivity index (χ3v) is 12.0. The second kappa shape index (κ2) is 16.1. The van der Waals surface area contributed by atoms with Crippen LogP contribution in [0.15, 0.2) is 255 Å². The lowest BCUT2D eigenvalue weighted by atomic mass is 9.93. The summed E-state index contributed by atoms with van der Waals surface area (Å²) in [7, 11) is 0. The molecule has 11 aromatic rings. The van der Waals surface area contributed by atoms with Gasteiger partial charge in [-0.3, -0.25) is 0 Å². The van der Waals surface area contributed by atoms with Crippen molar-refractivity contribution in [1.29, 1.82) is 0 Å². The maximum Gasteiger partial charge on any atom is 0.0541 e. The van der Waals surface area contributed by atoms with Gasteiger partial charge in [0.15, 0.2) is 0 Å². The summed E-state index contributed by atoms with van der Waals surface area (Å²) in [4.78, 5) is 2.35. The van der Waals surface area contributed by atoms with E-state index in [1.54, 1.807) is 0 Å². The minimum absolute atomic E-state index is 1.09. The van der Waals surface area contributed by atoms with Gasteiger partial charge in [0.2, 0.25) is 0 Å². The number of hydrogen-bond acceptors (Lipinski definition) is 1. The third-order valence-electron chi connectivity index (χ3n) is 12.0. The predicted octanol–water partition coefficient (Wildman–Crippen LogP) is 16.6. The first-order valence-electron chi connectivity index (χ1n) is 21.3. The Morgan fingerprint density at radius 3 is 1.39 bits per heavy atom. The lowest BCUT2D eigenvalue weighted by molar-refractivity contribution is 1.18. The highest BCUT2D eigenvalue weighted by Gasteiger charge is 2.18. The molecule has 292 valence electrons. The summed E-state index contributed by atoms with van der Waals surface area (Å²) in [6, 6.07) is 92.0. The van der Waals surface area contributed by atoms with Crippen LogP contribution in [0.4, 0.5) is 17.1 Å². The SMILES string of the molecule is c1ccc(-c2cccc(-n3c4ccccc4c4cc(-c5ccccc5-c5cccc(N(c6ccccc6)c6ccc(-c7ccccc7-c7ccccc7)cc6)c5)ccc43)c2)cc1. The molecule has 0 atom stereocenters. The highest BCUT2D eigenvalue weighted by Crippen LogP contribution is 2.42. The van der Waals surface area contributed by atoms with Crippen LogP contribution in [0, 0.1) is 0 Å². The van der Waals surface area contributed by atoms with Crippen LogP contribution >= 0.6 is 0 Å². The van der Waals surface area contributed by atoms with E-state index in [1.165, 1.54) is 71.9 Å². The average Bonchev–Trinajstić information content (AvgIpc) is 3.69. The quantitative estimate of drug-likeness (QED) is 0.141. The first-order chi connectivity index (χ1) is 30.8. The van der Waals surface area contributed by atoms with Crippen LogP contribution in [0.5, 0.6) is 0 Å². The molecule has 0 amide bonds. The van der Waals surface area contributed by atoms with Crippen LogP contribution in [0.2, 0.25) is 0 Å². The largest absolute Gasteiger partial charge is 0.310 e. The number of para-hydroxylation sites is 2. The Morgan fingerprint density at radius 1 is 0.242 bits per heavy atom. The van der Waals surface area contributed by atoms with Crippen molar-refractivity contribution >= 4 is 38.9 Å². The second-order valence-corrected chi connectivity index (χ2v) is 15.7. The molecular weight excluding hydrogens is 749 g/mol. The van der Waals surface area contributed by atoms with E-state index < -0.39 is 0 Å². The molecule has 0 fully saturated rings. The first kappa shape index (κ1) is 36.8. The van der Waals surface area contributed by atoms with E-state index in [0.717, 1.165) is 28.3 Å². The van der Waals surface area contributed by atoms with Gasteiger partial charge in [-0.1, -0.05) is 188 Å². The van der Waals surface area contributed by atoms with Crippen LogP contribution in [0.25, 0.3) is 83.1 Å². The number of benzene rings is 10. The predicted molar refractivity (Wildman–Crippen MR) is 263 cm³/mol. The number of rotatable bonds is 9. The van der Waals surface area contributed by atoms with Crippen molar-refractivity contribution < 1.29 is 0 Å². The second-order valence-electron chi connectivity index (χ2n) is 15.7. The van der Waals surface area contributed by atoms with E-state index in [-0.39, 0.29) is 0 Å². The van der Waals surface area contributed by atoms with E-state index in [2.05, 4.69) is 264 Å². The standard InChI is InChI=1S/C60H42N2/c1-4-18-43(19-5-1)46-22-16-27-52(40-46)62-59-33-15-14-32-57(59)58-42-48(36-39-60(58)62)56-31-13-12-30-55(56)47-23-17-26-51(41-47)61(49-24-8-3-9-25-49)50-37-34-45(35-38-50)54-29-11-10-28-53(54)44-20-6-2-7-21-44/h1-42H. The number of hydrogen-bond donors (Lipinski definition) is 0. The zero-order valence-electron chi connectivity index (χ0n) is 34.1. The van der Waals surface area contributed by atoms with Gasteiger partial charge in [0.05, 0.1) is 11.0 Å². The van der Waals surface area contributed by atoms with Gasteiger partial charge in [-0.15, -0.1) is 0 Å². The third kappa shape index (κ3) is 6.84. The Hall–Kier alpha value is -8.20. The molecule has 0 aliphatic carbocycles. The summed E-state index contributed by atoms with van der Waals surface area (Å²) in [6.07, 6.45) is 0. The molecule has 0 spiro atoms. The molecule has 1 heterocycles. The summed E-state index contributed by atoms with van der Waals surface area (Å²) in [6.45, 7) is 0. The van der Waals surface area contributed by atoms with Crippen LogP contribution in [0.3, 0.4) is 0 Å². The van der Waals surface area contributed by atoms with Crippen LogP contribution in [-0.4, -0.2) is 4.57 Å². The highest BCUT2D eigenvalue weighted by molar-refractivity contribution is 6.11. The maximum atomic E-state index is 2.41. The lowest BCUT2D eigenvalue weighted by Crippen LogP contribution is -2.09. The fourth-order valence-corrected chi connectivity index (χ4v) is 9.09. The Labute approximate surface area is 362 Å². The fourth-order valence-electron chi connectivity index (χ4n) is 9.09. The Bertz CT molecular complexity index is 3330. The number of fused-ring (bicyclic) bond motifs is 3. The number of anilines is 3. The Balaban J connectivity index is 0.981. The highest BCUT2D eigenvalue weighted by atomic mass is 15.1. The zero-order chi connectivity index (χ0) is 41.2. The molecule has 2 heteroatoms.